The van der Waals surface area contributed by atoms with E-state index >= 15 is 0 Å². The van der Waals surface area contributed by atoms with Crippen LogP contribution in [0, 0.1) is 12.7 Å². The van der Waals surface area contributed by atoms with Gasteiger partial charge in [0.25, 0.3) is 0 Å². The first-order valence-corrected chi connectivity index (χ1v) is 10.8. The maximum atomic E-state index is 13.4. The van der Waals surface area contributed by atoms with Crippen LogP contribution < -0.4 is 10.1 Å². The molecule has 0 atom stereocenters. The summed E-state index contributed by atoms with van der Waals surface area (Å²) in [5, 5.41) is 4.34. The Morgan fingerprint density at radius 2 is 1.91 bits per heavy atom. The first-order chi connectivity index (χ1) is 15.9. The molecule has 0 aliphatic rings. The molecule has 1 amide bonds. The minimum atomic E-state index is -0.299. The standard InChI is InChI=1S/C27H23ClFNO3/c1-16(12-25(31)30-14-19-6-4-5-7-24(19)28)21-13-22-23(18-8-10-20(29)11-9-18)15-33-27(22)17(2)26(21)32-3/h4-13,15H,14H2,1-3H3,(H,30,31)/b16-12+. The molecule has 0 fully saturated rings. The highest BCUT2D eigenvalue weighted by Gasteiger charge is 2.19. The Bertz CT molecular complexity index is 1360. The number of nitrogens with one attached hydrogen (secondary N) is 1. The Labute approximate surface area is 196 Å². The van der Waals surface area contributed by atoms with Crippen LogP contribution in [0.25, 0.3) is 27.7 Å². The van der Waals surface area contributed by atoms with Crippen molar-refractivity contribution >= 4 is 34.1 Å². The van der Waals surface area contributed by atoms with E-state index in [2.05, 4.69) is 5.32 Å². The number of halogens is 2. The van der Waals surface area contributed by atoms with Gasteiger partial charge in [-0.1, -0.05) is 41.9 Å². The summed E-state index contributed by atoms with van der Waals surface area (Å²) in [6.45, 7) is 4.09. The lowest BCUT2D eigenvalue weighted by atomic mass is 9.96. The molecular formula is C27H23ClFNO3. The number of hydrogen-bond acceptors (Lipinski definition) is 3. The van der Waals surface area contributed by atoms with Gasteiger partial charge in [0.1, 0.15) is 17.1 Å². The second-order valence-corrected chi connectivity index (χ2v) is 8.16. The minimum absolute atomic E-state index is 0.238. The van der Waals surface area contributed by atoms with Gasteiger partial charge in [0.05, 0.1) is 13.4 Å². The molecule has 33 heavy (non-hydrogen) atoms. The minimum Gasteiger partial charge on any atom is -0.496 e. The van der Waals surface area contributed by atoms with Crippen molar-refractivity contribution in [1.29, 1.82) is 0 Å². The summed E-state index contributed by atoms with van der Waals surface area (Å²) < 4.78 is 24.9. The van der Waals surface area contributed by atoms with Crippen LogP contribution in [0.2, 0.25) is 5.02 Å². The van der Waals surface area contributed by atoms with Gasteiger partial charge in [-0.05, 0) is 54.8 Å². The Kier molecular flexibility index (Phi) is 6.52. The number of carbonyl (C=O) groups is 1. The number of fused-ring (bicyclic) bond motifs is 1. The van der Waals surface area contributed by atoms with Gasteiger partial charge in [0.2, 0.25) is 5.91 Å². The molecule has 6 heteroatoms. The van der Waals surface area contributed by atoms with Crippen molar-refractivity contribution in [2.75, 3.05) is 7.11 Å². The predicted octanol–water partition coefficient (Wildman–Crippen LogP) is 6.93. The second kappa shape index (κ2) is 9.51. The van der Waals surface area contributed by atoms with Gasteiger partial charge in [-0.2, -0.15) is 0 Å². The van der Waals surface area contributed by atoms with Crippen LogP contribution in [0.1, 0.15) is 23.6 Å². The third kappa shape index (κ3) is 4.64. The van der Waals surface area contributed by atoms with E-state index in [0.717, 1.165) is 38.8 Å². The molecule has 1 aromatic heterocycles. The number of aryl methyl sites for hydroxylation is 1. The van der Waals surface area contributed by atoms with Gasteiger partial charge in [-0.25, -0.2) is 4.39 Å². The monoisotopic (exact) mass is 463 g/mol. The Hall–Kier alpha value is -3.57. The fraction of sp³-hybridized carbons (Fsp3) is 0.148. The molecule has 0 aliphatic carbocycles. The van der Waals surface area contributed by atoms with E-state index in [1.807, 2.05) is 38.1 Å². The number of amides is 1. The van der Waals surface area contributed by atoms with E-state index < -0.39 is 0 Å². The van der Waals surface area contributed by atoms with Crippen molar-refractivity contribution < 1.29 is 18.3 Å². The Balaban J connectivity index is 1.69. The van der Waals surface area contributed by atoms with Crippen LogP contribution >= 0.6 is 11.6 Å². The molecular weight excluding hydrogens is 441 g/mol. The third-order valence-corrected chi connectivity index (χ3v) is 5.96. The van der Waals surface area contributed by atoms with Crippen LogP contribution in [0.4, 0.5) is 4.39 Å². The van der Waals surface area contributed by atoms with Crippen molar-refractivity contribution in [3.05, 3.63) is 94.5 Å². The summed E-state index contributed by atoms with van der Waals surface area (Å²) in [7, 11) is 1.59. The molecule has 4 aromatic rings. The van der Waals surface area contributed by atoms with E-state index in [0.29, 0.717) is 22.9 Å². The maximum Gasteiger partial charge on any atom is 0.244 e. The van der Waals surface area contributed by atoms with E-state index in [9.17, 15) is 9.18 Å². The van der Waals surface area contributed by atoms with Crippen LogP contribution in [0.5, 0.6) is 5.75 Å². The molecule has 4 nitrogen and oxygen atoms in total. The smallest absolute Gasteiger partial charge is 0.244 e. The number of methoxy groups -OCH3 is 1. The SMILES string of the molecule is COc1c(/C(C)=C/C(=O)NCc2ccccc2Cl)cc2c(-c3ccc(F)cc3)coc2c1C. The Morgan fingerprint density at radius 3 is 2.61 bits per heavy atom. The summed E-state index contributed by atoms with van der Waals surface area (Å²) in [4.78, 5) is 12.6. The molecule has 168 valence electrons. The molecule has 3 aromatic carbocycles. The predicted molar refractivity (Wildman–Crippen MR) is 130 cm³/mol. The summed E-state index contributed by atoms with van der Waals surface area (Å²) in [5.74, 6) is 0.0972. The van der Waals surface area contributed by atoms with Crippen molar-refractivity contribution in [2.24, 2.45) is 0 Å². The van der Waals surface area contributed by atoms with E-state index in [1.165, 1.54) is 18.2 Å². The quantitative estimate of drug-likeness (QED) is 0.315. The topological polar surface area (TPSA) is 51.5 Å². The van der Waals surface area contributed by atoms with E-state index in [1.54, 1.807) is 31.6 Å². The average molecular weight is 464 g/mol. The zero-order valence-electron chi connectivity index (χ0n) is 18.5. The largest absolute Gasteiger partial charge is 0.496 e. The summed E-state index contributed by atoms with van der Waals surface area (Å²) in [5.41, 5.74) is 5.54. The number of allylic oxidation sites excluding steroid dienone is 1. The average Bonchev–Trinajstić information content (AvgIpc) is 3.23. The lowest BCUT2D eigenvalue weighted by molar-refractivity contribution is -0.116. The molecule has 0 radical (unpaired) electrons. The van der Waals surface area contributed by atoms with Crippen LogP contribution in [0.15, 0.2) is 71.4 Å². The Morgan fingerprint density at radius 1 is 1.18 bits per heavy atom. The van der Waals surface area contributed by atoms with Gasteiger partial charge in [0.15, 0.2) is 0 Å². The van der Waals surface area contributed by atoms with Crippen LogP contribution in [-0.2, 0) is 11.3 Å². The zero-order chi connectivity index (χ0) is 23.5. The lowest BCUT2D eigenvalue weighted by Gasteiger charge is -2.13. The lowest BCUT2D eigenvalue weighted by Crippen LogP contribution is -2.20. The third-order valence-electron chi connectivity index (χ3n) is 5.59. The van der Waals surface area contributed by atoms with Gasteiger partial charge in [0, 0.05) is 39.7 Å². The van der Waals surface area contributed by atoms with Crippen molar-refractivity contribution in [3.63, 3.8) is 0 Å². The maximum absolute atomic E-state index is 13.4. The molecule has 1 heterocycles. The van der Waals surface area contributed by atoms with E-state index in [4.69, 9.17) is 20.8 Å². The van der Waals surface area contributed by atoms with Crippen LogP contribution in [-0.4, -0.2) is 13.0 Å². The summed E-state index contributed by atoms with van der Waals surface area (Å²) in [6, 6.07) is 15.6. The zero-order valence-corrected chi connectivity index (χ0v) is 19.3. The number of furan rings is 1. The number of hydrogen-bond donors (Lipinski definition) is 1. The first-order valence-electron chi connectivity index (χ1n) is 10.4. The molecule has 0 bridgehead atoms. The molecule has 0 spiro atoms. The highest BCUT2D eigenvalue weighted by Crippen LogP contribution is 2.40. The van der Waals surface area contributed by atoms with Gasteiger partial charge in [-0.3, -0.25) is 4.79 Å². The van der Waals surface area contributed by atoms with Crippen LogP contribution in [0.3, 0.4) is 0 Å². The summed E-state index contributed by atoms with van der Waals surface area (Å²) >= 11 is 6.17. The molecule has 0 saturated carbocycles. The molecule has 4 rings (SSSR count). The molecule has 1 N–H and O–H groups in total. The van der Waals surface area contributed by atoms with Crippen molar-refractivity contribution in [3.8, 4) is 16.9 Å². The van der Waals surface area contributed by atoms with Crippen molar-refractivity contribution in [1.82, 2.24) is 5.32 Å². The number of benzene rings is 3. The fourth-order valence-corrected chi connectivity index (χ4v) is 4.08. The summed E-state index contributed by atoms with van der Waals surface area (Å²) in [6.07, 6.45) is 3.20. The molecule has 0 aliphatic heterocycles. The van der Waals surface area contributed by atoms with Crippen molar-refractivity contribution in [2.45, 2.75) is 20.4 Å². The fourth-order valence-electron chi connectivity index (χ4n) is 3.87. The van der Waals surface area contributed by atoms with Gasteiger partial charge in [-0.15, -0.1) is 0 Å². The van der Waals surface area contributed by atoms with E-state index in [-0.39, 0.29) is 11.7 Å². The number of carbonyl (C=O) groups excluding carboxylic acids is 1. The van der Waals surface area contributed by atoms with Gasteiger partial charge >= 0.3 is 0 Å². The molecule has 0 saturated heterocycles. The number of ether oxygens (including phenoxy) is 1. The highest BCUT2D eigenvalue weighted by molar-refractivity contribution is 6.31. The normalized spacial score (nSPS) is 11.6. The first kappa shape index (κ1) is 22.6. The second-order valence-electron chi connectivity index (χ2n) is 7.75. The number of rotatable bonds is 6. The molecule has 0 unspecified atom stereocenters. The van der Waals surface area contributed by atoms with Gasteiger partial charge < -0.3 is 14.5 Å². The highest BCUT2D eigenvalue weighted by atomic mass is 35.5.